The molecule has 154 valence electrons. The number of hydrogen-bond acceptors (Lipinski definition) is 5. The van der Waals surface area contributed by atoms with Crippen molar-refractivity contribution < 1.29 is 17.9 Å². The molecular weight excluding hydrogens is 388 g/mol. The molecule has 0 aromatic heterocycles. The monoisotopic (exact) mass is 414 g/mol. The molecule has 0 N–H and O–H groups in total. The molecule has 29 heavy (non-hydrogen) atoms. The lowest BCUT2D eigenvalue weighted by Gasteiger charge is -2.43. The lowest BCUT2D eigenvalue weighted by atomic mass is 10.0. The van der Waals surface area contributed by atoms with Crippen LogP contribution in [0.1, 0.15) is 12.0 Å². The average Bonchev–Trinajstić information content (AvgIpc) is 3.04. The number of carbonyl (C=O) groups excluding carboxylic acids is 1. The molecule has 2 heterocycles. The van der Waals surface area contributed by atoms with E-state index in [2.05, 4.69) is 17.0 Å². The van der Waals surface area contributed by atoms with Gasteiger partial charge in [-0.3, -0.25) is 9.69 Å². The van der Waals surface area contributed by atoms with Crippen LogP contribution < -0.4 is 9.64 Å². The fraction of sp³-hybridized carbons (Fsp3) is 0.409. The first-order chi connectivity index (χ1) is 14.0. The summed E-state index contributed by atoms with van der Waals surface area (Å²) in [4.78, 5) is 16.8. The van der Waals surface area contributed by atoms with Crippen LogP contribution in [0.25, 0.3) is 0 Å². The summed E-state index contributed by atoms with van der Waals surface area (Å²) in [6.07, 6.45) is 1.80. The Morgan fingerprint density at radius 2 is 1.79 bits per heavy atom. The molecule has 0 spiro atoms. The standard InChI is InChI=1S/C22H26N2O4S/c1-28-19-11-5-10-18(13-19)24-21-16-29(26,27)15-20(21)23(14-22(24)25)12-6-9-17-7-3-2-4-8-17/h2-5,7-8,10-11,13,20-21H,6,9,12,14-16H2,1H3/t20-,21+/m0/s1. The Balaban J connectivity index is 1.53. The molecule has 2 fully saturated rings. The molecule has 0 unspecified atom stereocenters. The van der Waals surface area contributed by atoms with Gasteiger partial charge in [-0.05, 0) is 37.1 Å². The van der Waals surface area contributed by atoms with Gasteiger partial charge in [0.1, 0.15) is 5.75 Å². The first-order valence-corrected chi connectivity index (χ1v) is 11.7. The van der Waals surface area contributed by atoms with Crippen molar-refractivity contribution >= 4 is 21.4 Å². The minimum absolute atomic E-state index is 0.00972. The Morgan fingerprint density at radius 1 is 1.03 bits per heavy atom. The summed E-state index contributed by atoms with van der Waals surface area (Å²) in [5.41, 5.74) is 1.95. The Hall–Kier alpha value is -2.38. The van der Waals surface area contributed by atoms with Crippen LogP contribution in [0.15, 0.2) is 54.6 Å². The molecule has 7 heteroatoms. The van der Waals surface area contributed by atoms with E-state index in [9.17, 15) is 13.2 Å². The van der Waals surface area contributed by atoms with Crippen LogP contribution in [0.4, 0.5) is 5.69 Å². The van der Waals surface area contributed by atoms with E-state index >= 15 is 0 Å². The van der Waals surface area contributed by atoms with Crippen molar-refractivity contribution in [3.63, 3.8) is 0 Å². The summed E-state index contributed by atoms with van der Waals surface area (Å²) < 4.78 is 30.2. The zero-order valence-electron chi connectivity index (χ0n) is 16.5. The molecule has 1 amide bonds. The third kappa shape index (κ3) is 4.31. The highest BCUT2D eigenvalue weighted by molar-refractivity contribution is 7.91. The van der Waals surface area contributed by atoms with E-state index in [0.717, 1.165) is 12.8 Å². The van der Waals surface area contributed by atoms with Crippen molar-refractivity contribution in [3.05, 3.63) is 60.2 Å². The van der Waals surface area contributed by atoms with Crippen LogP contribution in [0, 0.1) is 0 Å². The SMILES string of the molecule is COc1cccc(N2C(=O)CN(CCCc3ccccc3)[C@H]3CS(=O)(=O)C[C@H]32)c1. The number of fused-ring (bicyclic) bond motifs is 1. The lowest BCUT2D eigenvalue weighted by molar-refractivity contribution is -0.123. The molecule has 2 aromatic carbocycles. The second kappa shape index (κ2) is 8.16. The van der Waals surface area contributed by atoms with Crippen molar-refractivity contribution in [3.8, 4) is 5.75 Å². The van der Waals surface area contributed by atoms with Gasteiger partial charge in [0.2, 0.25) is 5.91 Å². The summed E-state index contributed by atoms with van der Waals surface area (Å²) in [7, 11) is -1.61. The summed E-state index contributed by atoms with van der Waals surface area (Å²) in [5, 5.41) is 0. The number of methoxy groups -OCH3 is 1. The van der Waals surface area contributed by atoms with Crippen LogP contribution in [-0.4, -0.2) is 63.0 Å². The summed E-state index contributed by atoms with van der Waals surface area (Å²) in [6.45, 7) is 0.950. The first-order valence-electron chi connectivity index (χ1n) is 9.91. The molecule has 2 saturated heterocycles. The zero-order valence-corrected chi connectivity index (χ0v) is 17.3. The fourth-order valence-electron chi connectivity index (χ4n) is 4.43. The van der Waals surface area contributed by atoms with Gasteiger partial charge in [0, 0.05) is 17.8 Å². The predicted molar refractivity (Wildman–Crippen MR) is 113 cm³/mol. The first kappa shape index (κ1) is 19.9. The van der Waals surface area contributed by atoms with Crippen molar-refractivity contribution in [2.75, 3.05) is 36.6 Å². The van der Waals surface area contributed by atoms with Gasteiger partial charge in [0.25, 0.3) is 0 Å². The third-order valence-corrected chi connectivity index (χ3v) is 7.49. The fourth-order valence-corrected chi connectivity index (χ4v) is 6.41. The second-order valence-electron chi connectivity index (χ2n) is 7.74. The van der Waals surface area contributed by atoms with Gasteiger partial charge in [0.05, 0.1) is 31.2 Å². The summed E-state index contributed by atoms with van der Waals surface area (Å²) in [6, 6.07) is 17.0. The lowest BCUT2D eigenvalue weighted by Crippen LogP contribution is -2.62. The van der Waals surface area contributed by atoms with E-state index in [0.29, 0.717) is 18.0 Å². The van der Waals surface area contributed by atoms with E-state index in [4.69, 9.17) is 4.74 Å². The van der Waals surface area contributed by atoms with E-state index < -0.39 is 9.84 Å². The van der Waals surface area contributed by atoms with E-state index in [1.165, 1.54) is 5.56 Å². The molecule has 2 aliphatic rings. The molecule has 4 rings (SSSR count). The second-order valence-corrected chi connectivity index (χ2v) is 9.89. The maximum absolute atomic E-state index is 13.0. The number of nitrogens with zero attached hydrogens (tertiary/aromatic N) is 2. The van der Waals surface area contributed by atoms with Gasteiger partial charge in [-0.2, -0.15) is 0 Å². The minimum Gasteiger partial charge on any atom is -0.497 e. The van der Waals surface area contributed by atoms with E-state index in [1.54, 1.807) is 18.1 Å². The molecule has 6 nitrogen and oxygen atoms in total. The Labute approximate surface area is 172 Å². The van der Waals surface area contributed by atoms with Crippen LogP contribution in [0.2, 0.25) is 0 Å². The van der Waals surface area contributed by atoms with Crippen molar-refractivity contribution in [2.24, 2.45) is 0 Å². The van der Waals surface area contributed by atoms with Gasteiger partial charge in [-0.15, -0.1) is 0 Å². The predicted octanol–water partition coefficient (Wildman–Crippen LogP) is 2.14. The van der Waals surface area contributed by atoms with Crippen LogP contribution >= 0.6 is 0 Å². The van der Waals surface area contributed by atoms with Crippen LogP contribution in [0.3, 0.4) is 0 Å². The Kier molecular flexibility index (Phi) is 5.61. The van der Waals surface area contributed by atoms with Crippen molar-refractivity contribution in [1.82, 2.24) is 4.90 Å². The largest absolute Gasteiger partial charge is 0.497 e. The minimum atomic E-state index is -3.19. The van der Waals surface area contributed by atoms with Gasteiger partial charge in [-0.1, -0.05) is 36.4 Å². The van der Waals surface area contributed by atoms with E-state index in [1.807, 2.05) is 36.4 Å². The van der Waals surface area contributed by atoms with Crippen LogP contribution in [0.5, 0.6) is 5.75 Å². The quantitative estimate of drug-likeness (QED) is 0.725. The highest BCUT2D eigenvalue weighted by Crippen LogP contribution is 2.33. The zero-order chi connectivity index (χ0) is 20.4. The van der Waals surface area contributed by atoms with Gasteiger partial charge in [0.15, 0.2) is 9.84 Å². The number of anilines is 1. The number of sulfone groups is 1. The molecular formula is C22H26N2O4S. The summed E-state index contributed by atoms with van der Waals surface area (Å²) >= 11 is 0. The van der Waals surface area contributed by atoms with Crippen LogP contribution in [-0.2, 0) is 21.1 Å². The third-order valence-electron chi connectivity index (χ3n) is 5.79. The Morgan fingerprint density at radius 3 is 2.55 bits per heavy atom. The number of aryl methyl sites for hydroxylation is 1. The van der Waals surface area contributed by atoms with Gasteiger partial charge in [-0.25, -0.2) is 8.42 Å². The topological polar surface area (TPSA) is 66.9 Å². The van der Waals surface area contributed by atoms with Crippen molar-refractivity contribution in [2.45, 2.75) is 24.9 Å². The molecule has 2 atom stereocenters. The normalized spacial score (nSPS) is 23.8. The number of rotatable bonds is 6. The maximum atomic E-state index is 13.0. The molecule has 2 aromatic rings. The number of carbonyl (C=O) groups is 1. The highest BCUT2D eigenvalue weighted by Gasteiger charge is 2.49. The average molecular weight is 415 g/mol. The molecule has 2 aliphatic heterocycles. The number of hydrogen-bond donors (Lipinski definition) is 0. The smallest absolute Gasteiger partial charge is 0.241 e. The summed E-state index contributed by atoms with van der Waals surface area (Å²) in [5.74, 6) is 0.710. The highest BCUT2D eigenvalue weighted by atomic mass is 32.2. The number of piperazine rings is 1. The maximum Gasteiger partial charge on any atom is 0.241 e. The number of benzene rings is 2. The molecule has 0 saturated carbocycles. The van der Waals surface area contributed by atoms with Gasteiger partial charge >= 0.3 is 0 Å². The molecule has 0 bridgehead atoms. The van der Waals surface area contributed by atoms with Crippen molar-refractivity contribution in [1.29, 1.82) is 0 Å². The molecule has 0 aliphatic carbocycles. The van der Waals surface area contributed by atoms with E-state index in [-0.39, 0.29) is 36.0 Å². The Bertz CT molecular complexity index is 977. The number of ether oxygens (including phenoxy) is 1. The number of amides is 1. The van der Waals surface area contributed by atoms with Gasteiger partial charge < -0.3 is 9.64 Å². The molecule has 0 radical (unpaired) electrons.